The number of benzene rings is 2. The van der Waals surface area contributed by atoms with E-state index in [4.69, 9.17) is 4.74 Å². The molecule has 2 saturated heterocycles. The van der Waals surface area contributed by atoms with Crippen LogP contribution in [0.1, 0.15) is 36.6 Å². The van der Waals surface area contributed by atoms with Gasteiger partial charge in [0.15, 0.2) is 0 Å². The number of ether oxygens (including phenoxy) is 1. The fourth-order valence-corrected chi connectivity index (χ4v) is 5.61. The first kappa shape index (κ1) is 25.0. The predicted molar refractivity (Wildman–Crippen MR) is 142 cm³/mol. The maximum atomic E-state index is 13.9. The van der Waals surface area contributed by atoms with Crippen LogP contribution in [-0.2, 0) is 24.3 Å². The van der Waals surface area contributed by atoms with Gasteiger partial charge < -0.3 is 14.5 Å². The van der Waals surface area contributed by atoms with Gasteiger partial charge in [-0.3, -0.25) is 14.7 Å². The van der Waals surface area contributed by atoms with Crippen LogP contribution in [-0.4, -0.2) is 63.4 Å². The van der Waals surface area contributed by atoms with Crippen molar-refractivity contribution in [1.29, 1.82) is 0 Å². The summed E-state index contributed by atoms with van der Waals surface area (Å²) in [5.74, 6) is 0.760. The summed E-state index contributed by atoms with van der Waals surface area (Å²) < 4.78 is 5.28. The minimum atomic E-state index is -0.821. The third-order valence-electron chi connectivity index (χ3n) is 7.79. The Kier molecular flexibility index (Phi) is 7.24. The van der Waals surface area contributed by atoms with E-state index in [1.54, 1.807) is 13.3 Å². The maximum Gasteiger partial charge on any atom is 0.328 e. The van der Waals surface area contributed by atoms with Crippen molar-refractivity contribution in [2.45, 2.75) is 50.9 Å². The molecule has 2 aliphatic heterocycles. The van der Waals surface area contributed by atoms with Crippen LogP contribution in [0.5, 0.6) is 5.75 Å². The Hall–Kier alpha value is -3.71. The number of carbonyl (C=O) groups is 2. The Labute approximate surface area is 218 Å². The second kappa shape index (κ2) is 10.7. The van der Waals surface area contributed by atoms with Crippen molar-refractivity contribution in [3.63, 3.8) is 0 Å². The fourth-order valence-electron chi connectivity index (χ4n) is 5.61. The van der Waals surface area contributed by atoms with Gasteiger partial charge in [-0.25, -0.2) is 4.79 Å². The van der Waals surface area contributed by atoms with Gasteiger partial charge in [0.05, 0.1) is 19.3 Å². The van der Waals surface area contributed by atoms with Crippen molar-refractivity contribution < 1.29 is 14.3 Å². The highest BCUT2D eigenvalue weighted by Gasteiger charge is 2.58. The van der Waals surface area contributed by atoms with E-state index in [1.807, 2.05) is 65.6 Å². The molecule has 2 aliphatic rings. The molecule has 0 saturated carbocycles. The summed E-state index contributed by atoms with van der Waals surface area (Å²) in [6.07, 6.45) is 3.86. The predicted octanol–water partition coefficient (Wildman–Crippen LogP) is 4.52. The van der Waals surface area contributed by atoms with Gasteiger partial charge in [0.1, 0.15) is 11.3 Å². The van der Waals surface area contributed by atoms with Crippen molar-refractivity contribution in [3.05, 3.63) is 95.8 Å². The number of piperidine rings is 1. The average molecular weight is 499 g/mol. The van der Waals surface area contributed by atoms with Gasteiger partial charge in [-0.2, -0.15) is 0 Å². The summed E-state index contributed by atoms with van der Waals surface area (Å²) in [5, 5.41) is 0. The molecule has 0 aliphatic carbocycles. The highest BCUT2D eigenvalue weighted by molar-refractivity contribution is 6.07. The van der Waals surface area contributed by atoms with Crippen LogP contribution in [0.2, 0.25) is 0 Å². The summed E-state index contributed by atoms with van der Waals surface area (Å²) in [6.45, 7) is 4.38. The highest BCUT2D eigenvalue weighted by atomic mass is 16.5. The van der Waals surface area contributed by atoms with Gasteiger partial charge in [-0.1, -0.05) is 48.5 Å². The number of carbonyl (C=O) groups excluding carboxylic acids is 2. The van der Waals surface area contributed by atoms with Crippen LogP contribution in [0.4, 0.5) is 4.79 Å². The summed E-state index contributed by atoms with van der Waals surface area (Å²) in [5.41, 5.74) is 2.18. The summed E-state index contributed by atoms with van der Waals surface area (Å²) >= 11 is 0. The van der Waals surface area contributed by atoms with Gasteiger partial charge in [0.2, 0.25) is 0 Å². The molecule has 7 heteroatoms. The van der Waals surface area contributed by atoms with E-state index in [1.165, 1.54) is 10.5 Å². The Balaban J connectivity index is 1.33. The van der Waals surface area contributed by atoms with Crippen LogP contribution in [0, 0.1) is 0 Å². The van der Waals surface area contributed by atoms with Crippen molar-refractivity contribution >= 4 is 11.9 Å². The Bertz CT molecular complexity index is 1210. The number of aromatic nitrogens is 1. The Morgan fingerprint density at radius 1 is 0.892 bits per heavy atom. The van der Waals surface area contributed by atoms with Crippen molar-refractivity contribution in [3.8, 4) is 5.75 Å². The molecule has 3 aromatic rings. The van der Waals surface area contributed by atoms with Crippen LogP contribution in [0.25, 0.3) is 0 Å². The standard InChI is InChI=1S/C30H34N4O3/c1-23(20-24-11-13-27(37-2)14-12-24)32-18-15-30(16-19-32)28(35)33(22-26-10-6-7-17-31-26)29(36)34(30)21-25-8-4-3-5-9-25/h3-14,17,23H,15-16,18-22H2,1-2H3. The molecule has 2 aromatic carbocycles. The lowest BCUT2D eigenvalue weighted by molar-refractivity contribution is -0.136. The normalized spacial score (nSPS) is 18.4. The molecule has 1 atom stereocenters. The molecule has 1 spiro atoms. The number of pyridine rings is 1. The van der Waals surface area contributed by atoms with E-state index < -0.39 is 5.54 Å². The molecule has 3 amide bonds. The Morgan fingerprint density at radius 3 is 2.24 bits per heavy atom. The first-order valence-electron chi connectivity index (χ1n) is 12.9. The quantitative estimate of drug-likeness (QED) is 0.427. The van der Waals surface area contributed by atoms with Crippen LogP contribution in [0.3, 0.4) is 0 Å². The molecular weight excluding hydrogens is 464 g/mol. The number of hydrogen-bond donors (Lipinski definition) is 0. The monoisotopic (exact) mass is 498 g/mol. The lowest BCUT2D eigenvalue weighted by atomic mass is 9.84. The number of nitrogens with zero attached hydrogens (tertiary/aromatic N) is 4. The molecule has 3 heterocycles. The summed E-state index contributed by atoms with van der Waals surface area (Å²) in [6, 6.07) is 23.8. The highest BCUT2D eigenvalue weighted by Crippen LogP contribution is 2.39. The first-order chi connectivity index (χ1) is 18.0. The molecular formula is C30H34N4O3. The SMILES string of the molecule is COc1ccc(CC(C)N2CCC3(CC2)C(=O)N(Cc2ccccn2)C(=O)N3Cc2ccccc2)cc1. The van der Waals surface area contributed by atoms with Gasteiger partial charge in [0, 0.05) is 31.9 Å². The Morgan fingerprint density at radius 2 is 1.59 bits per heavy atom. The zero-order valence-corrected chi connectivity index (χ0v) is 21.5. The molecule has 192 valence electrons. The molecule has 1 unspecified atom stereocenters. The number of amides is 3. The number of likely N-dealkylation sites (tertiary alicyclic amines) is 1. The van der Waals surface area contributed by atoms with E-state index in [9.17, 15) is 9.59 Å². The van der Waals surface area contributed by atoms with E-state index in [-0.39, 0.29) is 18.5 Å². The third-order valence-corrected chi connectivity index (χ3v) is 7.79. The van der Waals surface area contributed by atoms with E-state index >= 15 is 0 Å². The van der Waals surface area contributed by atoms with E-state index in [0.717, 1.165) is 30.8 Å². The second-order valence-corrected chi connectivity index (χ2v) is 10.0. The minimum absolute atomic E-state index is 0.0958. The smallest absolute Gasteiger partial charge is 0.328 e. The number of hydrogen-bond acceptors (Lipinski definition) is 5. The fraction of sp³-hybridized carbons (Fsp3) is 0.367. The third kappa shape index (κ3) is 5.09. The lowest BCUT2D eigenvalue weighted by Crippen LogP contribution is -2.57. The zero-order chi connectivity index (χ0) is 25.8. The average Bonchev–Trinajstić information content (AvgIpc) is 3.12. The largest absolute Gasteiger partial charge is 0.497 e. The zero-order valence-electron chi connectivity index (χ0n) is 21.5. The van der Waals surface area contributed by atoms with Crippen LogP contribution >= 0.6 is 0 Å². The van der Waals surface area contributed by atoms with E-state index in [0.29, 0.717) is 31.1 Å². The molecule has 1 aromatic heterocycles. The number of methoxy groups -OCH3 is 1. The molecule has 2 fully saturated rings. The molecule has 0 N–H and O–H groups in total. The van der Waals surface area contributed by atoms with Gasteiger partial charge in [-0.05, 0) is 61.6 Å². The molecule has 0 bridgehead atoms. The second-order valence-electron chi connectivity index (χ2n) is 10.0. The molecule has 0 radical (unpaired) electrons. The van der Waals surface area contributed by atoms with Gasteiger partial charge >= 0.3 is 6.03 Å². The first-order valence-corrected chi connectivity index (χ1v) is 12.9. The van der Waals surface area contributed by atoms with Gasteiger partial charge in [-0.15, -0.1) is 0 Å². The lowest BCUT2D eigenvalue weighted by Gasteiger charge is -2.44. The molecule has 37 heavy (non-hydrogen) atoms. The van der Waals surface area contributed by atoms with Crippen molar-refractivity contribution in [2.24, 2.45) is 0 Å². The van der Waals surface area contributed by atoms with Gasteiger partial charge in [0.25, 0.3) is 5.91 Å². The topological polar surface area (TPSA) is 66.0 Å². The summed E-state index contributed by atoms with van der Waals surface area (Å²) in [4.78, 5) is 37.6. The van der Waals surface area contributed by atoms with E-state index in [2.05, 4.69) is 28.9 Å². The molecule has 7 nitrogen and oxygen atoms in total. The molecule has 5 rings (SSSR count). The minimum Gasteiger partial charge on any atom is -0.497 e. The maximum absolute atomic E-state index is 13.9. The van der Waals surface area contributed by atoms with Crippen LogP contribution in [0.15, 0.2) is 79.0 Å². The van der Waals surface area contributed by atoms with Crippen molar-refractivity contribution in [2.75, 3.05) is 20.2 Å². The number of urea groups is 1. The van der Waals surface area contributed by atoms with Crippen molar-refractivity contribution in [1.82, 2.24) is 19.7 Å². The van der Waals surface area contributed by atoms with Crippen LogP contribution < -0.4 is 4.74 Å². The number of rotatable bonds is 8. The number of imide groups is 1. The summed E-state index contributed by atoms with van der Waals surface area (Å²) in [7, 11) is 1.68.